The van der Waals surface area contributed by atoms with Crippen molar-refractivity contribution in [1.82, 2.24) is 4.90 Å². The van der Waals surface area contributed by atoms with E-state index in [1.54, 1.807) is 0 Å². The van der Waals surface area contributed by atoms with Gasteiger partial charge in [-0.25, -0.2) is 0 Å². The van der Waals surface area contributed by atoms with Crippen LogP contribution in [0.25, 0.3) is 0 Å². The first-order valence-electron chi connectivity index (χ1n) is 6.55. The molecule has 1 heterocycles. The summed E-state index contributed by atoms with van der Waals surface area (Å²) in [6.45, 7) is 5.21. The van der Waals surface area contributed by atoms with Crippen LogP contribution >= 0.6 is 23.4 Å². The summed E-state index contributed by atoms with van der Waals surface area (Å²) in [4.78, 5) is 2.52. The van der Waals surface area contributed by atoms with Crippen LogP contribution in [0.5, 0.6) is 0 Å². The average Bonchev–Trinajstić information content (AvgIpc) is 2.42. The molecule has 4 heteroatoms. The first-order valence-corrected chi connectivity index (χ1v) is 7.98. The zero-order valence-electron chi connectivity index (χ0n) is 10.8. The van der Waals surface area contributed by atoms with Gasteiger partial charge in [0.25, 0.3) is 0 Å². The van der Waals surface area contributed by atoms with E-state index in [0.717, 1.165) is 23.4 Å². The Morgan fingerprint density at radius 3 is 2.78 bits per heavy atom. The lowest BCUT2D eigenvalue weighted by molar-refractivity contribution is 0.207. The molecule has 0 bridgehead atoms. The summed E-state index contributed by atoms with van der Waals surface area (Å²) in [6, 6.07) is 8.44. The Labute approximate surface area is 119 Å². The summed E-state index contributed by atoms with van der Waals surface area (Å²) in [5.74, 6) is 1.21. The fraction of sp³-hybridized carbons (Fsp3) is 0.571. The van der Waals surface area contributed by atoms with Gasteiger partial charge in [0.05, 0.1) is 0 Å². The summed E-state index contributed by atoms with van der Waals surface area (Å²) in [6.07, 6.45) is 1.24. The Morgan fingerprint density at radius 2 is 2.17 bits per heavy atom. The normalized spacial score (nSPS) is 22.9. The summed E-state index contributed by atoms with van der Waals surface area (Å²) < 4.78 is 0. The lowest BCUT2D eigenvalue weighted by Crippen LogP contribution is -2.42. The molecule has 0 spiro atoms. The van der Waals surface area contributed by atoms with Crippen LogP contribution < -0.4 is 5.73 Å². The third kappa shape index (κ3) is 3.41. The fourth-order valence-corrected chi connectivity index (χ4v) is 3.78. The molecule has 1 aromatic rings. The van der Waals surface area contributed by atoms with Gasteiger partial charge in [-0.3, -0.25) is 4.90 Å². The first kappa shape index (κ1) is 14.2. The van der Waals surface area contributed by atoms with E-state index in [1.807, 2.05) is 12.1 Å². The molecule has 0 radical (unpaired) electrons. The van der Waals surface area contributed by atoms with Gasteiger partial charge in [-0.05, 0) is 24.1 Å². The average molecular weight is 285 g/mol. The summed E-state index contributed by atoms with van der Waals surface area (Å²) in [5.41, 5.74) is 7.26. The van der Waals surface area contributed by atoms with Crippen molar-refractivity contribution in [3.05, 3.63) is 34.9 Å². The molecule has 0 amide bonds. The van der Waals surface area contributed by atoms with Crippen molar-refractivity contribution in [3.63, 3.8) is 0 Å². The Balaban J connectivity index is 2.10. The van der Waals surface area contributed by atoms with Crippen LogP contribution in [0.15, 0.2) is 24.3 Å². The fourth-order valence-electron chi connectivity index (χ4n) is 2.45. The standard InChI is InChI=1S/C14H21ClN2S/c1-2-13-10-17(7-8-18-13)14(9-16)11-3-5-12(15)6-4-11/h3-6,13-14H,2,7-10,16H2,1H3. The van der Waals surface area contributed by atoms with Crippen molar-refractivity contribution in [2.75, 3.05) is 25.4 Å². The Hall–Kier alpha value is -0.220. The molecule has 0 aliphatic carbocycles. The molecule has 1 aromatic carbocycles. The van der Waals surface area contributed by atoms with Crippen LogP contribution in [0.1, 0.15) is 24.9 Å². The van der Waals surface area contributed by atoms with E-state index < -0.39 is 0 Å². The summed E-state index contributed by atoms with van der Waals surface area (Å²) in [7, 11) is 0. The molecular weight excluding hydrogens is 264 g/mol. The van der Waals surface area contributed by atoms with Gasteiger partial charge >= 0.3 is 0 Å². The summed E-state index contributed by atoms with van der Waals surface area (Å²) in [5, 5.41) is 1.54. The topological polar surface area (TPSA) is 29.3 Å². The molecule has 1 saturated heterocycles. The quantitative estimate of drug-likeness (QED) is 0.921. The van der Waals surface area contributed by atoms with Gasteiger partial charge in [0.2, 0.25) is 0 Å². The highest BCUT2D eigenvalue weighted by Crippen LogP contribution is 2.28. The maximum absolute atomic E-state index is 5.98. The minimum Gasteiger partial charge on any atom is -0.329 e. The molecule has 2 unspecified atom stereocenters. The Morgan fingerprint density at radius 1 is 1.44 bits per heavy atom. The largest absolute Gasteiger partial charge is 0.329 e. The van der Waals surface area contributed by atoms with Crippen molar-refractivity contribution >= 4 is 23.4 Å². The van der Waals surface area contributed by atoms with E-state index >= 15 is 0 Å². The van der Waals surface area contributed by atoms with Gasteiger partial charge in [-0.2, -0.15) is 11.8 Å². The van der Waals surface area contributed by atoms with E-state index in [-0.39, 0.29) is 0 Å². The number of halogens is 1. The van der Waals surface area contributed by atoms with E-state index in [0.29, 0.717) is 12.6 Å². The highest BCUT2D eigenvalue weighted by atomic mass is 35.5. The van der Waals surface area contributed by atoms with Crippen molar-refractivity contribution in [2.45, 2.75) is 24.6 Å². The van der Waals surface area contributed by atoms with Crippen molar-refractivity contribution in [1.29, 1.82) is 0 Å². The monoisotopic (exact) mass is 284 g/mol. The number of hydrogen-bond acceptors (Lipinski definition) is 3. The first-order chi connectivity index (χ1) is 8.74. The van der Waals surface area contributed by atoms with Gasteiger partial charge in [0.1, 0.15) is 0 Å². The molecule has 0 saturated carbocycles. The minimum absolute atomic E-state index is 0.331. The number of thioether (sulfide) groups is 1. The van der Waals surface area contributed by atoms with Gasteiger partial charge in [-0.1, -0.05) is 30.7 Å². The highest BCUT2D eigenvalue weighted by Gasteiger charge is 2.25. The molecule has 2 nitrogen and oxygen atoms in total. The van der Waals surface area contributed by atoms with Crippen LogP contribution in [0.2, 0.25) is 5.02 Å². The molecular formula is C14H21ClN2S. The van der Waals surface area contributed by atoms with Crippen molar-refractivity contribution in [2.24, 2.45) is 5.73 Å². The number of benzene rings is 1. The van der Waals surface area contributed by atoms with Gasteiger partial charge in [0, 0.05) is 41.7 Å². The second-order valence-electron chi connectivity index (χ2n) is 4.70. The molecule has 100 valence electrons. The molecule has 0 aromatic heterocycles. The second-order valence-corrected chi connectivity index (χ2v) is 6.54. The Bertz CT molecular complexity index is 369. The maximum atomic E-state index is 5.98. The van der Waals surface area contributed by atoms with E-state index in [1.165, 1.54) is 17.7 Å². The maximum Gasteiger partial charge on any atom is 0.0471 e. The lowest BCUT2D eigenvalue weighted by Gasteiger charge is -2.37. The smallest absolute Gasteiger partial charge is 0.0471 e. The van der Waals surface area contributed by atoms with Crippen LogP contribution in [-0.2, 0) is 0 Å². The van der Waals surface area contributed by atoms with Gasteiger partial charge in [0.15, 0.2) is 0 Å². The summed E-state index contributed by atoms with van der Waals surface area (Å²) >= 11 is 8.03. The molecule has 2 N–H and O–H groups in total. The van der Waals surface area contributed by atoms with E-state index in [4.69, 9.17) is 17.3 Å². The predicted octanol–water partition coefficient (Wildman–Crippen LogP) is 3.17. The number of rotatable bonds is 4. The second kappa shape index (κ2) is 6.80. The molecule has 2 rings (SSSR count). The van der Waals surface area contributed by atoms with Gasteiger partial charge < -0.3 is 5.73 Å². The highest BCUT2D eigenvalue weighted by molar-refractivity contribution is 8.00. The third-order valence-electron chi connectivity index (χ3n) is 3.54. The van der Waals surface area contributed by atoms with Crippen LogP contribution in [0, 0.1) is 0 Å². The number of hydrogen-bond donors (Lipinski definition) is 1. The molecule has 18 heavy (non-hydrogen) atoms. The zero-order valence-corrected chi connectivity index (χ0v) is 12.4. The van der Waals surface area contributed by atoms with Crippen molar-refractivity contribution < 1.29 is 0 Å². The van der Waals surface area contributed by atoms with Crippen molar-refractivity contribution in [3.8, 4) is 0 Å². The molecule has 2 atom stereocenters. The minimum atomic E-state index is 0.331. The number of nitrogens with two attached hydrogens (primary N) is 1. The SMILES string of the molecule is CCC1CN(C(CN)c2ccc(Cl)cc2)CCS1. The van der Waals surface area contributed by atoms with Crippen LogP contribution in [-0.4, -0.2) is 35.5 Å². The number of nitrogens with zero attached hydrogens (tertiary/aromatic N) is 1. The van der Waals surface area contributed by atoms with E-state index in [2.05, 4.69) is 35.7 Å². The Kier molecular flexibility index (Phi) is 5.37. The predicted molar refractivity (Wildman–Crippen MR) is 81.4 cm³/mol. The van der Waals surface area contributed by atoms with Crippen LogP contribution in [0.4, 0.5) is 0 Å². The molecule has 1 aliphatic heterocycles. The van der Waals surface area contributed by atoms with Gasteiger partial charge in [-0.15, -0.1) is 0 Å². The molecule has 1 aliphatic rings. The molecule has 1 fully saturated rings. The van der Waals surface area contributed by atoms with E-state index in [9.17, 15) is 0 Å². The third-order valence-corrected chi connectivity index (χ3v) is 5.17. The lowest BCUT2D eigenvalue weighted by atomic mass is 10.0. The van der Waals surface area contributed by atoms with Crippen LogP contribution in [0.3, 0.4) is 0 Å². The zero-order chi connectivity index (χ0) is 13.0.